The number of carbonyl (C=O) groups excluding carboxylic acids is 1. The lowest BCUT2D eigenvalue weighted by molar-refractivity contribution is 0.0903. The lowest BCUT2D eigenvalue weighted by atomic mass is 10.1. The lowest BCUT2D eigenvalue weighted by Crippen LogP contribution is -2.44. The van der Waals surface area contributed by atoms with Crippen molar-refractivity contribution in [3.63, 3.8) is 0 Å². The van der Waals surface area contributed by atoms with E-state index in [2.05, 4.69) is 30.8 Å². The van der Waals surface area contributed by atoms with Crippen LogP contribution in [-0.4, -0.2) is 56.9 Å². The molecule has 0 aliphatic carbocycles. The summed E-state index contributed by atoms with van der Waals surface area (Å²) in [7, 11) is 0. The van der Waals surface area contributed by atoms with Gasteiger partial charge in [-0.2, -0.15) is 0 Å². The molecule has 0 saturated carbocycles. The number of ether oxygens (including phenoxy) is 1. The third-order valence-corrected chi connectivity index (χ3v) is 6.26. The number of hydrogen-bond donors (Lipinski definition) is 2. The monoisotopic (exact) mass is 487 g/mol. The molecule has 12 heteroatoms. The maximum atomic E-state index is 14.1. The topological polar surface area (TPSA) is 118 Å². The standard InChI is InChI=1S/C22H23ClFN7O3/c23-16-2-1-13(9-17(16)24)19(20-30-26-12-34-20)29-22(32)31-6-3-14-10-25-21(28-18(14)11-31)27-15-4-7-33-8-5-15/h1-2,9-10,12,15,19H,3-8,11H2,(H,29,32)(H,25,27,28)/t19-/m1/s1. The summed E-state index contributed by atoms with van der Waals surface area (Å²) in [6, 6.07) is 3.34. The number of hydrogen-bond acceptors (Lipinski definition) is 8. The van der Waals surface area contributed by atoms with Crippen LogP contribution in [0.15, 0.2) is 35.2 Å². The van der Waals surface area contributed by atoms with Gasteiger partial charge >= 0.3 is 6.03 Å². The van der Waals surface area contributed by atoms with E-state index in [1.807, 2.05) is 6.20 Å². The van der Waals surface area contributed by atoms with Crippen molar-refractivity contribution in [1.29, 1.82) is 0 Å². The lowest BCUT2D eigenvalue weighted by Gasteiger charge is -2.30. The maximum absolute atomic E-state index is 14.1. The van der Waals surface area contributed by atoms with Gasteiger partial charge in [-0.1, -0.05) is 17.7 Å². The van der Waals surface area contributed by atoms with Gasteiger partial charge < -0.3 is 24.7 Å². The van der Waals surface area contributed by atoms with Gasteiger partial charge in [-0.3, -0.25) is 0 Å². The van der Waals surface area contributed by atoms with E-state index in [-0.39, 0.29) is 23.0 Å². The maximum Gasteiger partial charge on any atom is 0.318 e. The Hall–Kier alpha value is -3.31. The number of carbonyl (C=O) groups is 1. The molecule has 34 heavy (non-hydrogen) atoms. The minimum atomic E-state index is -0.834. The third-order valence-electron chi connectivity index (χ3n) is 5.96. The number of nitrogens with zero attached hydrogens (tertiary/aromatic N) is 5. The fourth-order valence-electron chi connectivity index (χ4n) is 4.07. The molecule has 5 rings (SSSR count). The van der Waals surface area contributed by atoms with Crippen molar-refractivity contribution in [2.45, 2.75) is 37.9 Å². The van der Waals surface area contributed by atoms with Crippen molar-refractivity contribution in [3.8, 4) is 0 Å². The summed E-state index contributed by atoms with van der Waals surface area (Å²) in [5.74, 6) is 0.0807. The number of halogens is 2. The minimum Gasteiger partial charge on any atom is -0.425 e. The Morgan fingerprint density at radius 1 is 1.29 bits per heavy atom. The third kappa shape index (κ3) is 4.95. The fraction of sp³-hybridized carbons (Fsp3) is 0.409. The molecule has 2 N–H and O–H groups in total. The first-order valence-corrected chi connectivity index (χ1v) is 11.4. The summed E-state index contributed by atoms with van der Waals surface area (Å²) in [6.45, 7) is 2.24. The van der Waals surface area contributed by atoms with Gasteiger partial charge in [-0.25, -0.2) is 19.2 Å². The van der Waals surface area contributed by atoms with E-state index in [0.717, 1.165) is 43.7 Å². The number of anilines is 1. The molecule has 0 unspecified atom stereocenters. The average Bonchev–Trinajstić information content (AvgIpc) is 3.39. The molecule has 2 aliphatic rings. The number of aromatic nitrogens is 4. The molecule has 2 amide bonds. The number of amides is 2. The molecular formula is C22H23ClFN7O3. The van der Waals surface area contributed by atoms with Gasteiger partial charge in [0, 0.05) is 32.0 Å². The zero-order valence-corrected chi connectivity index (χ0v) is 19.0. The Balaban J connectivity index is 1.30. The van der Waals surface area contributed by atoms with Gasteiger partial charge in [0.2, 0.25) is 18.2 Å². The second kappa shape index (κ2) is 9.90. The van der Waals surface area contributed by atoms with Crippen LogP contribution >= 0.6 is 11.6 Å². The highest BCUT2D eigenvalue weighted by molar-refractivity contribution is 6.30. The van der Waals surface area contributed by atoms with Crippen LogP contribution in [0, 0.1) is 5.82 Å². The highest BCUT2D eigenvalue weighted by Gasteiger charge is 2.28. The van der Waals surface area contributed by atoms with Crippen molar-refractivity contribution < 1.29 is 18.3 Å². The van der Waals surface area contributed by atoms with Crippen molar-refractivity contribution in [1.82, 2.24) is 30.4 Å². The fourth-order valence-corrected chi connectivity index (χ4v) is 4.19. The molecule has 1 aromatic carbocycles. The Labute approximate surface area is 199 Å². The van der Waals surface area contributed by atoms with Crippen molar-refractivity contribution >= 4 is 23.6 Å². The first-order valence-electron chi connectivity index (χ1n) is 11.0. The van der Waals surface area contributed by atoms with Gasteiger partial charge in [0.15, 0.2) is 0 Å². The first kappa shape index (κ1) is 22.5. The van der Waals surface area contributed by atoms with Gasteiger partial charge in [0.05, 0.1) is 17.3 Å². The summed E-state index contributed by atoms with van der Waals surface area (Å²) >= 11 is 5.81. The van der Waals surface area contributed by atoms with Crippen molar-refractivity contribution in [3.05, 3.63) is 64.3 Å². The molecule has 0 spiro atoms. The molecule has 1 fully saturated rings. The Bertz CT molecular complexity index is 1160. The predicted octanol–water partition coefficient (Wildman–Crippen LogP) is 3.10. The SMILES string of the molecule is O=C(N[C@H](c1ccc(Cl)c(F)c1)c1nnco1)N1CCc2cnc(NC3CCOCC3)nc2C1. The number of fused-ring (bicyclic) bond motifs is 1. The van der Waals surface area contributed by atoms with Crippen molar-refractivity contribution in [2.75, 3.05) is 25.1 Å². The summed E-state index contributed by atoms with van der Waals surface area (Å²) in [6.07, 6.45) is 5.40. The minimum absolute atomic E-state index is 0.0168. The predicted molar refractivity (Wildman–Crippen MR) is 120 cm³/mol. The van der Waals surface area contributed by atoms with Crippen LogP contribution in [0.2, 0.25) is 5.02 Å². The second-order valence-corrected chi connectivity index (χ2v) is 8.61. The van der Waals surface area contributed by atoms with Crippen LogP contribution in [0.5, 0.6) is 0 Å². The summed E-state index contributed by atoms with van der Waals surface area (Å²) in [5, 5.41) is 13.8. The van der Waals surface area contributed by atoms with Crippen LogP contribution in [0.1, 0.15) is 41.6 Å². The molecule has 1 saturated heterocycles. The average molecular weight is 488 g/mol. The number of benzene rings is 1. The highest BCUT2D eigenvalue weighted by atomic mass is 35.5. The van der Waals surface area contributed by atoms with E-state index in [1.54, 1.807) is 11.0 Å². The van der Waals surface area contributed by atoms with Crippen LogP contribution in [-0.2, 0) is 17.7 Å². The quantitative estimate of drug-likeness (QED) is 0.563. The van der Waals surface area contributed by atoms with Gasteiger partial charge in [0.25, 0.3) is 0 Å². The summed E-state index contributed by atoms with van der Waals surface area (Å²) in [5.41, 5.74) is 2.23. The first-order chi connectivity index (χ1) is 16.6. The van der Waals surface area contributed by atoms with E-state index in [4.69, 9.17) is 20.8 Å². The molecule has 2 aromatic heterocycles. The molecule has 0 radical (unpaired) electrons. The zero-order valence-electron chi connectivity index (χ0n) is 18.2. The molecule has 10 nitrogen and oxygen atoms in total. The van der Waals surface area contributed by atoms with Gasteiger partial charge in [-0.05, 0) is 42.5 Å². The Kier molecular flexibility index (Phi) is 6.54. The molecule has 4 heterocycles. The van der Waals surface area contributed by atoms with Gasteiger partial charge in [0.1, 0.15) is 11.9 Å². The Morgan fingerprint density at radius 2 is 2.15 bits per heavy atom. The molecule has 3 aromatic rings. The summed E-state index contributed by atoms with van der Waals surface area (Å²) in [4.78, 5) is 23.9. The second-order valence-electron chi connectivity index (χ2n) is 8.20. The molecular weight excluding hydrogens is 465 g/mol. The van der Waals surface area contributed by atoms with Crippen LogP contribution in [0.3, 0.4) is 0 Å². The Morgan fingerprint density at radius 3 is 2.91 bits per heavy atom. The van der Waals surface area contributed by atoms with E-state index < -0.39 is 11.9 Å². The largest absolute Gasteiger partial charge is 0.425 e. The van der Waals surface area contributed by atoms with Crippen LogP contribution < -0.4 is 10.6 Å². The smallest absolute Gasteiger partial charge is 0.318 e. The molecule has 1 atom stereocenters. The normalized spacial score (nSPS) is 17.2. The number of nitrogens with one attached hydrogen (secondary N) is 2. The number of urea groups is 1. The highest BCUT2D eigenvalue weighted by Crippen LogP contribution is 2.26. The number of rotatable bonds is 5. The van der Waals surface area contributed by atoms with E-state index in [9.17, 15) is 9.18 Å². The van der Waals surface area contributed by atoms with E-state index in [0.29, 0.717) is 31.0 Å². The molecule has 178 valence electrons. The molecule has 2 aliphatic heterocycles. The van der Waals surface area contributed by atoms with Crippen LogP contribution in [0.4, 0.5) is 15.1 Å². The summed E-state index contributed by atoms with van der Waals surface area (Å²) < 4.78 is 24.8. The van der Waals surface area contributed by atoms with E-state index in [1.165, 1.54) is 12.1 Å². The van der Waals surface area contributed by atoms with E-state index >= 15 is 0 Å². The van der Waals surface area contributed by atoms with Crippen molar-refractivity contribution in [2.24, 2.45) is 0 Å². The van der Waals surface area contributed by atoms with Gasteiger partial charge in [-0.15, -0.1) is 10.2 Å². The zero-order chi connectivity index (χ0) is 23.5. The molecule has 0 bridgehead atoms. The van der Waals surface area contributed by atoms with Crippen LogP contribution in [0.25, 0.3) is 0 Å².